The van der Waals surface area contributed by atoms with Crippen molar-refractivity contribution in [1.82, 2.24) is 4.98 Å². The Bertz CT molecular complexity index is 373. The van der Waals surface area contributed by atoms with Gasteiger partial charge in [0.05, 0.1) is 18.1 Å². The molecule has 0 saturated carbocycles. The van der Waals surface area contributed by atoms with Crippen molar-refractivity contribution in [1.29, 1.82) is 0 Å². The van der Waals surface area contributed by atoms with E-state index in [4.69, 9.17) is 14.2 Å². The first kappa shape index (κ1) is 11.7. The Morgan fingerprint density at radius 1 is 1.62 bits per heavy atom. The molecule has 6 heteroatoms. The van der Waals surface area contributed by atoms with Gasteiger partial charge in [-0.2, -0.15) is 0 Å². The number of rotatable bonds is 4. The molecule has 1 aliphatic rings. The van der Waals surface area contributed by atoms with Crippen molar-refractivity contribution in [2.24, 2.45) is 0 Å². The highest BCUT2D eigenvalue weighted by Crippen LogP contribution is 2.28. The van der Waals surface area contributed by atoms with E-state index in [0.717, 1.165) is 4.88 Å². The first-order valence-corrected chi connectivity index (χ1v) is 5.80. The zero-order valence-corrected chi connectivity index (χ0v) is 9.95. The van der Waals surface area contributed by atoms with Crippen molar-refractivity contribution < 1.29 is 19.0 Å². The van der Waals surface area contributed by atoms with Crippen LogP contribution in [0.15, 0.2) is 6.20 Å². The molecular formula is C10H13NO4S. The van der Waals surface area contributed by atoms with Crippen LogP contribution < -0.4 is 0 Å². The van der Waals surface area contributed by atoms with Gasteiger partial charge in [0.1, 0.15) is 6.10 Å². The summed E-state index contributed by atoms with van der Waals surface area (Å²) in [6.07, 6.45) is 0.789. The molecule has 1 aliphatic heterocycles. The number of thiazole rings is 1. The second kappa shape index (κ2) is 5.01. The summed E-state index contributed by atoms with van der Waals surface area (Å²) in [4.78, 5) is 16.6. The maximum Gasteiger partial charge on any atom is 0.219 e. The van der Waals surface area contributed by atoms with Crippen molar-refractivity contribution in [3.05, 3.63) is 16.1 Å². The van der Waals surface area contributed by atoms with E-state index in [2.05, 4.69) is 4.98 Å². The minimum absolute atomic E-state index is 0.114. The predicted molar refractivity (Wildman–Crippen MR) is 57.6 cm³/mol. The number of methoxy groups -OCH3 is 1. The lowest BCUT2D eigenvalue weighted by molar-refractivity contribution is -0.0414. The Morgan fingerprint density at radius 2 is 2.31 bits per heavy atom. The number of ether oxygens (including phenoxy) is 3. The molecule has 2 rings (SSSR count). The second-order valence-electron chi connectivity index (χ2n) is 3.38. The van der Waals surface area contributed by atoms with Gasteiger partial charge in [0.25, 0.3) is 0 Å². The summed E-state index contributed by atoms with van der Waals surface area (Å²) < 4.78 is 15.6. The molecule has 1 aromatic heterocycles. The third-order valence-electron chi connectivity index (χ3n) is 2.31. The average Bonchev–Trinajstić information content (AvgIpc) is 2.96. The number of hydrogen-bond acceptors (Lipinski definition) is 6. The first-order valence-electron chi connectivity index (χ1n) is 4.98. The fourth-order valence-electron chi connectivity index (χ4n) is 1.31. The summed E-state index contributed by atoms with van der Waals surface area (Å²) in [5.74, 6) is -0.114. The van der Waals surface area contributed by atoms with Crippen LogP contribution >= 0.6 is 11.3 Å². The maximum atomic E-state index is 11.7. The summed E-state index contributed by atoms with van der Waals surface area (Å²) in [6, 6.07) is 0. The van der Waals surface area contributed by atoms with Gasteiger partial charge in [-0.25, -0.2) is 4.98 Å². The lowest BCUT2D eigenvalue weighted by Crippen LogP contribution is -2.18. The number of nitrogens with zero attached hydrogens (tertiary/aromatic N) is 1. The van der Waals surface area contributed by atoms with Crippen LogP contribution in [0.2, 0.25) is 0 Å². The quantitative estimate of drug-likeness (QED) is 0.748. The molecule has 0 aliphatic carbocycles. The topological polar surface area (TPSA) is 57.7 Å². The number of carbonyl (C=O) groups excluding carboxylic acids is 1. The Morgan fingerprint density at radius 3 is 2.94 bits per heavy atom. The highest BCUT2D eigenvalue weighted by molar-refractivity contribution is 7.13. The van der Waals surface area contributed by atoms with Crippen molar-refractivity contribution in [2.45, 2.75) is 19.3 Å². The number of hydrogen-bond donors (Lipinski definition) is 0. The molecule has 16 heavy (non-hydrogen) atoms. The smallest absolute Gasteiger partial charge is 0.219 e. The van der Waals surface area contributed by atoms with Crippen LogP contribution in [-0.4, -0.2) is 37.2 Å². The summed E-state index contributed by atoms with van der Waals surface area (Å²) in [5, 5.41) is 0.434. The van der Waals surface area contributed by atoms with E-state index in [0.29, 0.717) is 18.2 Å². The molecule has 1 aromatic rings. The molecule has 1 saturated heterocycles. The minimum atomic E-state index is -0.468. The number of aromatic nitrogens is 1. The molecule has 1 fully saturated rings. The number of carbonyl (C=O) groups is 1. The Balaban J connectivity index is 2.09. The van der Waals surface area contributed by atoms with E-state index in [-0.39, 0.29) is 12.1 Å². The third kappa shape index (κ3) is 2.30. The molecule has 88 valence electrons. The molecule has 1 unspecified atom stereocenters. The summed E-state index contributed by atoms with van der Waals surface area (Å²) in [5.41, 5.74) is 0. The third-order valence-corrected chi connectivity index (χ3v) is 3.34. The van der Waals surface area contributed by atoms with Crippen molar-refractivity contribution >= 4 is 17.1 Å². The lowest BCUT2D eigenvalue weighted by Gasteiger charge is -2.05. The molecule has 0 bridgehead atoms. The van der Waals surface area contributed by atoms with Gasteiger partial charge >= 0.3 is 0 Å². The van der Waals surface area contributed by atoms with Crippen molar-refractivity contribution in [2.75, 3.05) is 20.3 Å². The van der Waals surface area contributed by atoms with Crippen LogP contribution in [-0.2, 0) is 14.2 Å². The monoisotopic (exact) mass is 243 g/mol. The maximum absolute atomic E-state index is 11.7. The standard InChI is InChI=1S/C10H13NO4S/c1-6(13-2)8(12)9-11-5-7(16-9)10-14-3-4-15-10/h5-6,10H,3-4H2,1-2H3. The van der Waals surface area contributed by atoms with E-state index < -0.39 is 6.10 Å². The van der Waals surface area contributed by atoms with Crippen molar-refractivity contribution in [3.63, 3.8) is 0 Å². The Kier molecular flexibility index (Phi) is 3.65. The molecule has 0 radical (unpaired) electrons. The fraction of sp³-hybridized carbons (Fsp3) is 0.600. The summed E-state index contributed by atoms with van der Waals surface area (Å²) >= 11 is 1.29. The Labute approximate surface area is 97.3 Å². The molecule has 0 aromatic carbocycles. The van der Waals surface area contributed by atoms with Gasteiger partial charge in [-0.05, 0) is 6.92 Å². The normalized spacial score (nSPS) is 18.9. The van der Waals surface area contributed by atoms with Crippen LogP contribution in [0.3, 0.4) is 0 Å². The van der Waals surface area contributed by atoms with E-state index >= 15 is 0 Å². The van der Waals surface area contributed by atoms with E-state index in [1.54, 1.807) is 13.1 Å². The van der Waals surface area contributed by atoms with Crippen molar-refractivity contribution in [3.8, 4) is 0 Å². The fourth-order valence-corrected chi connectivity index (χ4v) is 2.25. The first-order chi connectivity index (χ1) is 7.72. The van der Waals surface area contributed by atoms with Crippen LogP contribution in [0.4, 0.5) is 0 Å². The largest absolute Gasteiger partial charge is 0.373 e. The molecule has 5 nitrogen and oxygen atoms in total. The molecule has 0 N–H and O–H groups in total. The van der Waals surface area contributed by atoms with Gasteiger partial charge in [0, 0.05) is 13.3 Å². The number of Topliss-reactive ketones (excluding diaryl/α,β-unsaturated/α-hetero) is 1. The summed E-state index contributed by atoms with van der Waals surface area (Å²) in [6.45, 7) is 2.87. The average molecular weight is 243 g/mol. The highest BCUT2D eigenvalue weighted by atomic mass is 32.1. The van der Waals surface area contributed by atoms with Gasteiger partial charge in [-0.15, -0.1) is 11.3 Å². The van der Waals surface area contributed by atoms with Gasteiger partial charge in [0.15, 0.2) is 11.3 Å². The van der Waals surface area contributed by atoms with Crippen LogP contribution in [0.25, 0.3) is 0 Å². The lowest BCUT2D eigenvalue weighted by atomic mass is 10.3. The molecule has 1 atom stereocenters. The van der Waals surface area contributed by atoms with Crippen LogP contribution in [0.1, 0.15) is 27.9 Å². The Hall–Kier alpha value is -0.820. The molecule has 0 spiro atoms. The van der Waals surface area contributed by atoms with E-state index in [1.165, 1.54) is 18.4 Å². The molecular weight excluding hydrogens is 230 g/mol. The van der Waals surface area contributed by atoms with Crippen LogP contribution in [0.5, 0.6) is 0 Å². The molecule has 2 heterocycles. The van der Waals surface area contributed by atoms with Gasteiger partial charge in [0.2, 0.25) is 5.78 Å². The summed E-state index contributed by atoms with van der Waals surface area (Å²) in [7, 11) is 1.50. The second-order valence-corrected chi connectivity index (χ2v) is 4.45. The van der Waals surface area contributed by atoms with Gasteiger partial charge in [-0.1, -0.05) is 0 Å². The number of ketones is 1. The van der Waals surface area contributed by atoms with Gasteiger partial charge < -0.3 is 14.2 Å². The predicted octanol–water partition coefficient (Wildman–Crippen LogP) is 1.41. The SMILES string of the molecule is COC(C)C(=O)c1ncc(C2OCCO2)s1. The molecule has 0 amide bonds. The minimum Gasteiger partial charge on any atom is -0.373 e. The zero-order valence-electron chi connectivity index (χ0n) is 9.13. The highest BCUT2D eigenvalue weighted by Gasteiger charge is 2.24. The van der Waals surface area contributed by atoms with E-state index in [1.807, 2.05) is 0 Å². The van der Waals surface area contributed by atoms with Gasteiger partial charge in [-0.3, -0.25) is 4.79 Å². The van der Waals surface area contributed by atoms with Crippen LogP contribution in [0, 0.1) is 0 Å². The zero-order chi connectivity index (χ0) is 11.5. The van der Waals surface area contributed by atoms with E-state index in [9.17, 15) is 4.79 Å².